The summed E-state index contributed by atoms with van der Waals surface area (Å²) in [5, 5.41) is 5.35. The molecule has 0 saturated heterocycles. The van der Waals surface area contributed by atoms with Gasteiger partial charge in [0.25, 0.3) is 5.91 Å². The molecular formula is C19H25ClN3O3S+. The molecule has 0 aliphatic carbocycles. The number of nitrogens with two attached hydrogens (primary N) is 1. The fourth-order valence-corrected chi connectivity index (χ4v) is 3.93. The number of hydrogen-bond acceptors (Lipinski definition) is 3. The van der Waals surface area contributed by atoms with Gasteiger partial charge in [0, 0.05) is 30.4 Å². The number of rotatable bonds is 7. The molecule has 27 heavy (non-hydrogen) atoms. The lowest BCUT2D eigenvalue weighted by molar-refractivity contribution is -0.709. The van der Waals surface area contributed by atoms with E-state index < -0.39 is 10.0 Å². The number of carbonyl (C=O) groups is 1. The normalized spacial score (nSPS) is 14.0. The van der Waals surface area contributed by atoms with Gasteiger partial charge in [0.05, 0.1) is 4.90 Å². The summed E-state index contributed by atoms with van der Waals surface area (Å²) >= 11 is 6.22. The molecule has 2 aromatic rings. The summed E-state index contributed by atoms with van der Waals surface area (Å²) < 4.78 is 25.6. The van der Waals surface area contributed by atoms with Crippen LogP contribution in [0.25, 0.3) is 0 Å². The van der Waals surface area contributed by atoms with Crippen LogP contribution >= 0.6 is 11.6 Å². The maximum absolute atomic E-state index is 12.5. The Morgan fingerprint density at radius 2 is 1.78 bits per heavy atom. The highest BCUT2D eigenvalue weighted by Crippen LogP contribution is 2.20. The highest BCUT2D eigenvalue weighted by molar-refractivity contribution is 7.89. The van der Waals surface area contributed by atoms with E-state index in [4.69, 9.17) is 11.6 Å². The lowest BCUT2D eigenvalue weighted by Crippen LogP contribution is -2.91. The van der Waals surface area contributed by atoms with Gasteiger partial charge in [-0.1, -0.05) is 35.9 Å². The van der Waals surface area contributed by atoms with Crippen LogP contribution in [0.2, 0.25) is 5.02 Å². The van der Waals surface area contributed by atoms with Crippen LogP contribution < -0.4 is 10.6 Å². The minimum Gasteiger partial charge on any atom is -0.330 e. The summed E-state index contributed by atoms with van der Waals surface area (Å²) in [6, 6.07) is 13.4. The van der Waals surface area contributed by atoms with Gasteiger partial charge in [-0.25, -0.2) is 12.7 Å². The monoisotopic (exact) mass is 410 g/mol. The standard InChI is InChI=1S/C19H24ClN3O3S/c1-13(17-10-5-6-11-18(17)20)21-14(2)19(24)22-15-8-7-9-16(12-15)27(25,26)23(3)4/h5-14,21H,1-4H3,(H,22,24)/p+1/t13-,14+/m1/s1. The Kier molecular flexibility index (Phi) is 7.00. The van der Waals surface area contributed by atoms with Gasteiger partial charge in [0.2, 0.25) is 10.0 Å². The smallest absolute Gasteiger partial charge is 0.282 e. The van der Waals surface area contributed by atoms with Crippen LogP contribution in [-0.2, 0) is 14.8 Å². The number of carbonyl (C=O) groups excluding carboxylic acids is 1. The summed E-state index contributed by atoms with van der Waals surface area (Å²) in [5.41, 5.74) is 1.39. The predicted molar refractivity (Wildman–Crippen MR) is 107 cm³/mol. The number of sulfonamides is 1. The highest BCUT2D eigenvalue weighted by atomic mass is 35.5. The van der Waals surface area contributed by atoms with E-state index in [0.29, 0.717) is 10.7 Å². The molecule has 6 nitrogen and oxygen atoms in total. The molecule has 3 N–H and O–H groups in total. The molecule has 0 fully saturated rings. The number of hydrogen-bond donors (Lipinski definition) is 2. The molecule has 2 aromatic carbocycles. The van der Waals surface area contributed by atoms with E-state index in [2.05, 4.69) is 5.32 Å². The summed E-state index contributed by atoms with van der Waals surface area (Å²) in [6.07, 6.45) is 0. The molecular weight excluding hydrogens is 386 g/mol. The Labute approximate surface area is 165 Å². The molecule has 0 bridgehead atoms. The number of anilines is 1. The van der Waals surface area contributed by atoms with E-state index in [-0.39, 0.29) is 22.9 Å². The van der Waals surface area contributed by atoms with Crippen molar-refractivity contribution in [1.29, 1.82) is 0 Å². The van der Waals surface area contributed by atoms with E-state index in [0.717, 1.165) is 9.87 Å². The largest absolute Gasteiger partial charge is 0.330 e. The molecule has 0 aromatic heterocycles. The number of nitrogens with one attached hydrogen (secondary N) is 1. The maximum Gasteiger partial charge on any atom is 0.282 e. The molecule has 0 radical (unpaired) electrons. The predicted octanol–water partition coefficient (Wildman–Crippen LogP) is 2.24. The molecule has 0 aliphatic rings. The van der Waals surface area contributed by atoms with Crippen molar-refractivity contribution < 1.29 is 18.5 Å². The van der Waals surface area contributed by atoms with Crippen LogP contribution in [0.15, 0.2) is 53.4 Å². The molecule has 0 saturated carbocycles. The van der Waals surface area contributed by atoms with Gasteiger partial charge in [0.15, 0.2) is 6.04 Å². The number of nitrogens with zero attached hydrogens (tertiary/aromatic N) is 1. The van der Waals surface area contributed by atoms with Crippen LogP contribution in [0.3, 0.4) is 0 Å². The molecule has 146 valence electrons. The Morgan fingerprint density at radius 1 is 1.11 bits per heavy atom. The third-order valence-corrected chi connectivity index (χ3v) is 6.42. The van der Waals surface area contributed by atoms with Crippen LogP contribution in [0.4, 0.5) is 5.69 Å². The first-order chi connectivity index (χ1) is 12.6. The first-order valence-corrected chi connectivity index (χ1v) is 10.4. The molecule has 2 rings (SSSR count). The molecule has 2 atom stereocenters. The van der Waals surface area contributed by atoms with Crippen LogP contribution in [0.5, 0.6) is 0 Å². The fraction of sp³-hybridized carbons (Fsp3) is 0.316. The van der Waals surface area contributed by atoms with Gasteiger partial charge in [-0.15, -0.1) is 0 Å². The van der Waals surface area contributed by atoms with Crippen molar-refractivity contribution in [2.45, 2.75) is 30.8 Å². The van der Waals surface area contributed by atoms with Crippen molar-refractivity contribution in [2.24, 2.45) is 0 Å². The van der Waals surface area contributed by atoms with Crippen molar-refractivity contribution in [3.05, 3.63) is 59.1 Å². The van der Waals surface area contributed by atoms with E-state index in [1.54, 1.807) is 19.1 Å². The molecule has 0 heterocycles. The molecule has 0 aliphatic heterocycles. The Bertz CT molecular complexity index is 916. The molecule has 0 unspecified atom stereocenters. The van der Waals surface area contributed by atoms with E-state index >= 15 is 0 Å². The average molecular weight is 411 g/mol. The lowest BCUT2D eigenvalue weighted by Gasteiger charge is -2.18. The second-order valence-electron chi connectivity index (χ2n) is 6.60. The summed E-state index contributed by atoms with van der Waals surface area (Å²) in [6.45, 7) is 3.78. The van der Waals surface area contributed by atoms with Gasteiger partial charge >= 0.3 is 0 Å². The van der Waals surface area contributed by atoms with Crippen molar-refractivity contribution >= 4 is 33.2 Å². The summed E-state index contributed by atoms with van der Waals surface area (Å²) in [5.74, 6) is -0.215. The average Bonchev–Trinajstić information content (AvgIpc) is 2.62. The number of halogens is 1. The second kappa shape index (κ2) is 8.84. The molecule has 8 heteroatoms. The third kappa shape index (κ3) is 5.29. The van der Waals surface area contributed by atoms with E-state index in [1.165, 1.54) is 26.2 Å². The highest BCUT2D eigenvalue weighted by Gasteiger charge is 2.23. The quantitative estimate of drug-likeness (QED) is 0.734. The minimum atomic E-state index is -3.56. The number of quaternary nitrogens is 1. The minimum absolute atomic E-state index is 0.0000897. The number of benzene rings is 2. The second-order valence-corrected chi connectivity index (χ2v) is 9.15. The van der Waals surface area contributed by atoms with Gasteiger partial charge in [-0.3, -0.25) is 4.79 Å². The zero-order valence-electron chi connectivity index (χ0n) is 15.8. The fourth-order valence-electron chi connectivity index (χ4n) is 2.67. The topological polar surface area (TPSA) is 83.1 Å². The van der Waals surface area contributed by atoms with Gasteiger partial charge < -0.3 is 10.6 Å². The summed E-state index contributed by atoms with van der Waals surface area (Å²) in [4.78, 5) is 12.7. The zero-order chi connectivity index (χ0) is 20.2. The number of amides is 1. The lowest BCUT2D eigenvalue weighted by atomic mass is 10.1. The van der Waals surface area contributed by atoms with Gasteiger partial charge in [0.1, 0.15) is 6.04 Å². The SMILES string of the molecule is C[C@H]([NH2+][C@H](C)c1ccccc1Cl)C(=O)Nc1cccc(S(=O)(=O)N(C)C)c1. The first kappa shape index (κ1) is 21.4. The van der Waals surface area contributed by atoms with Crippen molar-refractivity contribution in [3.63, 3.8) is 0 Å². The first-order valence-electron chi connectivity index (χ1n) is 8.56. The zero-order valence-corrected chi connectivity index (χ0v) is 17.4. The van der Waals surface area contributed by atoms with Crippen molar-refractivity contribution in [3.8, 4) is 0 Å². The van der Waals surface area contributed by atoms with Crippen LogP contribution in [0.1, 0.15) is 25.5 Å². The third-order valence-electron chi connectivity index (χ3n) is 4.27. The summed E-state index contributed by atoms with van der Waals surface area (Å²) in [7, 11) is -0.624. The Balaban J connectivity index is 2.08. The van der Waals surface area contributed by atoms with E-state index in [9.17, 15) is 13.2 Å². The Morgan fingerprint density at radius 3 is 2.41 bits per heavy atom. The molecule has 0 spiro atoms. The van der Waals surface area contributed by atoms with Crippen LogP contribution in [0, 0.1) is 0 Å². The van der Waals surface area contributed by atoms with Crippen molar-refractivity contribution in [2.75, 3.05) is 19.4 Å². The van der Waals surface area contributed by atoms with Gasteiger partial charge in [-0.05, 0) is 38.1 Å². The van der Waals surface area contributed by atoms with E-state index in [1.807, 2.05) is 36.5 Å². The van der Waals surface area contributed by atoms with Crippen molar-refractivity contribution in [1.82, 2.24) is 4.31 Å². The Hall–Kier alpha value is -1.93. The molecule has 1 amide bonds. The van der Waals surface area contributed by atoms with Gasteiger partial charge in [-0.2, -0.15) is 0 Å². The maximum atomic E-state index is 12.5. The van der Waals surface area contributed by atoms with Crippen LogP contribution in [-0.4, -0.2) is 38.8 Å².